The molecule has 0 unspecified atom stereocenters. The van der Waals surface area contributed by atoms with Crippen LogP contribution in [0.5, 0.6) is 0 Å². The van der Waals surface area contributed by atoms with Crippen molar-refractivity contribution in [2.45, 2.75) is 0 Å². The van der Waals surface area contributed by atoms with Gasteiger partial charge in [0, 0.05) is 20.1 Å². The second-order valence-electron chi connectivity index (χ2n) is 3.46. The molecule has 0 aromatic heterocycles. The van der Waals surface area contributed by atoms with Gasteiger partial charge >= 0.3 is 12.0 Å². The van der Waals surface area contributed by atoms with Gasteiger partial charge < -0.3 is 24.0 Å². The zero-order chi connectivity index (χ0) is 11.3. The second-order valence-corrected chi connectivity index (χ2v) is 3.46. The lowest BCUT2D eigenvalue weighted by atomic mass is 10.5. The Hall–Kier alpha value is -1.43. The van der Waals surface area contributed by atoms with Crippen molar-refractivity contribution in [3.63, 3.8) is 0 Å². The maximum Gasteiger partial charge on any atom is 0.417 e. The molecule has 0 saturated heterocycles. The minimum Gasteiger partial charge on any atom is -0.458 e. The van der Waals surface area contributed by atoms with Crippen LogP contribution in [0.15, 0.2) is 12.2 Å². The van der Waals surface area contributed by atoms with Crippen molar-refractivity contribution >= 4 is 6.09 Å². The molecule has 6 heteroatoms. The summed E-state index contributed by atoms with van der Waals surface area (Å²) in [6.45, 7) is 1.48. The number of ether oxygens (including phenoxy) is 3. The smallest absolute Gasteiger partial charge is 0.417 e. The summed E-state index contributed by atoms with van der Waals surface area (Å²) in [7, 11) is 5.55. The molecule has 0 radical (unpaired) electrons. The van der Waals surface area contributed by atoms with Crippen molar-refractivity contribution in [3.8, 4) is 0 Å². The summed E-state index contributed by atoms with van der Waals surface area (Å²) in [6, 6.07) is 0. The molecule has 0 fully saturated rings. The van der Waals surface area contributed by atoms with E-state index in [9.17, 15) is 4.79 Å². The summed E-state index contributed by atoms with van der Waals surface area (Å²) in [6.07, 6.45) is 0.825. The molecule has 1 aliphatic heterocycles. The maximum atomic E-state index is 11.4. The van der Waals surface area contributed by atoms with Gasteiger partial charge in [0.1, 0.15) is 0 Å². The molecule has 0 N–H and O–H groups in total. The Labute approximate surface area is 89.0 Å². The predicted molar refractivity (Wildman–Crippen MR) is 52.8 cm³/mol. The highest BCUT2D eigenvalue weighted by Crippen LogP contribution is 2.09. The molecule has 1 heterocycles. The van der Waals surface area contributed by atoms with E-state index in [1.165, 1.54) is 11.2 Å². The highest BCUT2D eigenvalue weighted by Gasteiger charge is 2.16. The highest BCUT2D eigenvalue weighted by molar-refractivity contribution is 5.68. The van der Waals surface area contributed by atoms with Crippen molar-refractivity contribution in [2.24, 2.45) is 0 Å². The van der Waals surface area contributed by atoms with Gasteiger partial charge in [0.2, 0.25) is 6.79 Å². The van der Waals surface area contributed by atoms with Crippen LogP contribution in [0.1, 0.15) is 0 Å². The van der Waals surface area contributed by atoms with Crippen molar-refractivity contribution in [2.75, 3.05) is 41.0 Å². The fourth-order valence-corrected chi connectivity index (χ4v) is 0.887. The summed E-state index contributed by atoms with van der Waals surface area (Å²) < 4.78 is 14.5. The van der Waals surface area contributed by atoms with Gasteiger partial charge in [-0.15, -0.1) is 0 Å². The van der Waals surface area contributed by atoms with Crippen molar-refractivity contribution in [1.82, 2.24) is 9.80 Å². The molecule has 0 spiro atoms. The van der Waals surface area contributed by atoms with Gasteiger partial charge in [0.25, 0.3) is 0 Å². The largest absolute Gasteiger partial charge is 0.458 e. The van der Waals surface area contributed by atoms with Gasteiger partial charge in [0.05, 0.1) is 0 Å². The fourth-order valence-electron chi connectivity index (χ4n) is 0.887. The van der Waals surface area contributed by atoms with Crippen LogP contribution in [0.2, 0.25) is 0 Å². The number of amides is 1. The van der Waals surface area contributed by atoms with E-state index in [0.29, 0.717) is 6.54 Å². The lowest BCUT2D eigenvalue weighted by molar-refractivity contribution is 0.0208. The van der Waals surface area contributed by atoms with Crippen LogP contribution < -0.4 is 0 Å². The van der Waals surface area contributed by atoms with Crippen LogP contribution in [-0.4, -0.2) is 56.9 Å². The minimum atomic E-state index is -0.450. The van der Waals surface area contributed by atoms with E-state index in [0.717, 1.165) is 6.54 Å². The number of likely N-dealkylation sites (N-methyl/N-ethyl adjacent to an activating group) is 2. The molecule has 0 aliphatic carbocycles. The summed E-state index contributed by atoms with van der Waals surface area (Å²) in [5.41, 5.74) is 0. The maximum absolute atomic E-state index is 11.4. The van der Waals surface area contributed by atoms with Gasteiger partial charge in [-0.05, 0) is 14.1 Å². The fraction of sp³-hybridized carbons (Fsp3) is 0.667. The van der Waals surface area contributed by atoms with Crippen molar-refractivity contribution in [3.05, 3.63) is 12.2 Å². The molecule has 0 aromatic carbocycles. The summed E-state index contributed by atoms with van der Waals surface area (Å²) in [4.78, 5) is 14.9. The molecular weight excluding hydrogens is 200 g/mol. The van der Waals surface area contributed by atoms with E-state index in [1.54, 1.807) is 7.05 Å². The van der Waals surface area contributed by atoms with E-state index in [4.69, 9.17) is 14.2 Å². The molecule has 6 nitrogen and oxygen atoms in total. The number of rotatable bonds is 4. The molecule has 15 heavy (non-hydrogen) atoms. The van der Waals surface area contributed by atoms with Crippen LogP contribution in [0.3, 0.4) is 0 Å². The van der Waals surface area contributed by atoms with Gasteiger partial charge in [-0.2, -0.15) is 0 Å². The van der Waals surface area contributed by atoms with Crippen LogP contribution in [0.25, 0.3) is 0 Å². The molecule has 86 valence electrons. The first-order valence-electron chi connectivity index (χ1n) is 4.62. The standard InChI is InChI=1S/C9H16N2O4/c1-10(2)4-5-11(3)9(12)15-8-6-13-7-14-8/h6H,4-5,7H2,1-3H3. The molecule has 0 saturated carbocycles. The topological polar surface area (TPSA) is 51.2 Å². The van der Waals surface area contributed by atoms with E-state index in [-0.39, 0.29) is 12.7 Å². The molecule has 0 bridgehead atoms. The highest BCUT2D eigenvalue weighted by atomic mass is 16.8. The van der Waals surface area contributed by atoms with Gasteiger partial charge in [-0.25, -0.2) is 4.79 Å². The quantitative estimate of drug-likeness (QED) is 0.681. The van der Waals surface area contributed by atoms with Gasteiger partial charge in [0.15, 0.2) is 6.26 Å². The Balaban J connectivity index is 2.26. The monoisotopic (exact) mass is 216 g/mol. The van der Waals surface area contributed by atoms with Crippen molar-refractivity contribution < 1.29 is 19.0 Å². The summed E-state index contributed by atoms with van der Waals surface area (Å²) >= 11 is 0. The molecular formula is C9H16N2O4. The SMILES string of the molecule is CN(C)CCN(C)C(=O)OC1=COCO1. The first kappa shape index (κ1) is 11.6. The Morgan fingerprint density at radius 3 is 2.73 bits per heavy atom. The van der Waals surface area contributed by atoms with Gasteiger partial charge in [-0.3, -0.25) is 0 Å². The summed E-state index contributed by atoms with van der Waals surface area (Å²) in [5.74, 6) is 0.108. The lowest BCUT2D eigenvalue weighted by Crippen LogP contribution is -2.33. The number of carbonyl (C=O) groups excluding carboxylic acids is 1. The molecule has 0 aromatic rings. The molecule has 1 rings (SSSR count). The van der Waals surface area contributed by atoms with E-state index >= 15 is 0 Å². The summed E-state index contributed by atoms with van der Waals surface area (Å²) in [5, 5.41) is 0. The first-order valence-corrected chi connectivity index (χ1v) is 4.62. The number of carbonyl (C=O) groups is 1. The number of hydrogen-bond acceptors (Lipinski definition) is 5. The van der Waals surface area contributed by atoms with Crippen LogP contribution in [0, 0.1) is 0 Å². The normalized spacial score (nSPS) is 14.3. The Kier molecular flexibility index (Phi) is 4.23. The zero-order valence-electron chi connectivity index (χ0n) is 9.23. The average molecular weight is 216 g/mol. The number of nitrogens with zero attached hydrogens (tertiary/aromatic N) is 2. The zero-order valence-corrected chi connectivity index (χ0v) is 9.23. The Morgan fingerprint density at radius 1 is 1.47 bits per heavy atom. The van der Waals surface area contributed by atoms with Crippen molar-refractivity contribution in [1.29, 1.82) is 0 Å². The predicted octanol–water partition coefficient (Wildman–Crippen LogP) is 0.420. The Morgan fingerprint density at radius 2 is 2.20 bits per heavy atom. The lowest BCUT2D eigenvalue weighted by Gasteiger charge is -2.18. The molecule has 1 aliphatic rings. The van der Waals surface area contributed by atoms with Crippen LogP contribution in [-0.2, 0) is 14.2 Å². The van der Waals surface area contributed by atoms with E-state index in [1.807, 2.05) is 19.0 Å². The second kappa shape index (κ2) is 5.45. The molecule has 0 atom stereocenters. The third-order valence-corrected chi connectivity index (χ3v) is 1.83. The van der Waals surface area contributed by atoms with E-state index in [2.05, 4.69) is 0 Å². The Bertz CT molecular complexity index is 252. The van der Waals surface area contributed by atoms with Crippen LogP contribution in [0.4, 0.5) is 4.79 Å². The molecule has 1 amide bonds. The van der Waals surface area contributed by atoms with E-state index < -0.39 is 6.09 Å². The average Bonchev–Trinajstić information content (AvgIpc) is 2.66. The minimum absolute atomic E-state index is 0.101. The third kappa shape index (κ3) is 4.07. The number of hydrogen-bond donors (Lipinski definition) is 0. The first-order chi connectivity index (χ1) is 7.09. The third-order valence-electron chi connectivity index (χ3n) is 1.83. The van der Waals surface area contributed by atoms with Gasteiger partial charge in [-0.1, -0.05) is 0 Å². The van der Waals surface area contributed by atoms with Crippen LogP contribution >= 0.6 is 0 Å².